The number of sulfonamides is 1. The first kappa shape index (κ1) is 17.7. The Hall–Kier alpha value is -1.36. The average molecular weight is 310 g/mol. The Morgan fingerprint density at radius 1 is 1.14 bits per heavy atom. The van der Waals surface area contributed by atoms with Gasteiger partial charge in [-0.2, -0.15) is 0 Å². The topological polar surface area (TPSA) is 58.5 Å². The third-order valence-electron chi connectivity index (χ3n) is 3.09. The normalized spacial score (nSPS) is 11.9. The van der Waals surface area contributed by atoms with E-state index >= 15 is 0 Å². The average Bonchev–Trinajstić information content (AvgIpc) is 2.42. The molecular formula is C16H26N2O2S. The lowest BCUT2D eigenvalue weighted by molar-refractivity contribution is 0.607. The van der Waals surface area contributed by atoms with Crippen molar-refractivity contribution in [1.82, 2.24) is 0 Å². The van der Waals surface area contributed by atoms with Crippen molar-refractivity contribution in [2.75, 3.05) is 17.5 Å². The van der Waals surface area contributed by atoms with Gasteiger partial charge in [0.1, 0.15) is 0 Å². The third kappa shape index (κ3) is 9.24. The highest BCUT2D eigenvalue weighted by Gasteiger charge is 2.01. The highest BCUT2D eigenvalue weighted by Crippen LogP contribution is 2.11. The Morgan fingerprint density at radius 2 is 1.86 bits per heavy atom. The maximum absolute atomic E-state index is 11.1. The van der Waals surface area contributed by atoms with E-state index in [1.54, 1.807) is 12.1 Å². The largest absolute Gasteiger partial charge is 0.298 e. The molecule has 0 saturated carbocycles. The summed E-state index contributed by atoms with van der Waals surface area (Å²) in [5.74, 6) is 0. The van der Waals surface area contributed by atoms with E-state index in [2.05, 4.69) is 16.6 Å². The van der Waals surface area contributed by atoms with Crippen molar-refractivity contribution in [1.29, 1.82) is 0 Å². The van der Waals surface area contributed by atoms with Gasteiger partial charge in [0.25, 0.3) is 0 Å². The standard InChI is InChI=1S/C16H26N2O2S/c1-3-4-5-6-13-17-14-7-8-15-9-11-16(12-10-15)18-21(2,19)20/h9-12,14,18H,3-8,13H2,1-2H3. The molecule has 0 saturated heterocycles. The number of nitrogens with one attached hydrogen (secondary N) is 1. The summed E-state index contributed by atoms with van der Waals surface area (Å²) in [6.07, 6.45) is 9.99. The molecule has 0 atom stereocenters. The monoisotopic (exact) mass is 310 g/mol. The lowest BCUT2D eigenvalue weighted by atomic mass is 10.1. The van der Waals surface area contributed by atoms with Gasteiger partial charge in [-0.15, -0.1) is 0 Å². The fraction of sp³-hybridized carbons (Fsp3) is 0.562. The highest BCUT2D eigenvalue weighted by atomic mass is 32.2. The van der Waals surface area contributed by atoms with Crippen LogP contribution in [-0.2, 0) is 16.4 Å². The molecule has 0 fully saturated rings. The van der Waals surface area contributed by atoms with Crippen molar-refractivity contribution >= 4 is 21.9 Å². The molecule has 1 aromatic rings. The van der Waals surface area contributed by atoms with Gasteiger partial charge < -0.3 is 0 Å². The first-order valence-electron chi connectivity index (χ1n) is 7.56. The van der Waals surface area contributed by atoms with Crippen LogP contribution in [0, 0.1) is 0 Å². The lowest BCUT2D eigenvalue weighted by Gasteiger charge is -2.04. The van der Waals surface area contributed by atoms with Crippen LogP contribution in [0.5, 0.6) is 0 Å². The Bertz CT molecular complexity index is 522. The van der Waals surface area contributed by atoms with E-state index < -0.39 is 10.0 Å². The second-order valence-corrected chi connectivity index (χ2v) is 7.01. The highest BCUT2D eigenvalue weighted by molar-refractivity contribution is 7.92. The molecule has 0 amide bonds. The molecular weight excluding hydrogens is 284 g/mol. The molecule has 0 aliphatic heterocycles. The predicted molar refractivity (Wildman–Crippen MR) is 90.7 cm³/mol. The van der Waals surface area contributed by atoms with Crippen LogP contribution in [0.3, 0.4) is 0 Å². The molecule has 0 spiro atoms. The molecule has 1 aromatic carbocycles. The van der Waals surface area contributed by atoms with E-state index in [1.165, 1.54) is 31.2 Å². The van der Waals surface area contributed by atoms with Crippen LogP contribution in [0.15, 0.2) is 29.3 Å². The third-order valence-corrected chi connectivity index (χ3v) is 3.70. The second-order valence-electron chi connectivity index (χ2n) is 5.26. The molecule has 4 nitrogen and oxygen atoms in total. The molecule has 0 radical (unpaired) electrons. The quantitative estimate of drug-likeness (QED) is 0.530. The van der Waals surface area contributed by atoms with Crippen LogP contribution in [0.1, 0.15) is 44.6 Å². The molecule has 1 N–H and O–H groups in total. The van der Waals surface area contributed by atoms with Crippen molar-refractivity contribution < 1.29 is 8.42 Å². The summed E-state index contributed by atoms with van der Waals surface area (Å²) in [6.45, 7) is 3.14. The molecule has 0 aliphatic carbocycles. The maximum atomic E-state index is 11.1. The summed E-state index contributed by atoms with van der Waals surface area (Å²) in [5.41, 5.74) is 1.79. The summed E-state index contributed by atoms with van der Waals surface area (Å²) < 4.78 is 24.6. The zero-order valence-electron chi connectivity index (χ0n) is 13.0. The number of hydrogen-bond acceptors (Lipinski definition) is 3. The molecule has 0 heterocycles. The van der Waals surface area contributed by atoms with Gasteiger partial charge in [0.2, 0.25) is 10.0 Å². The number of nitrogens with zero attached hydrogens (tertiary/aromatic N) is 1. The second kappa shape index (κ2) is 9.55. The van der Waals surface area contributed by atoms with Gasteiger partial charge >= 0.3 is 0 Å². The van der Waals surface area contributed by atoms with E-state index in [0.717, 1.165) is 25.6 Å². The zero-order chi connectivity index (χ0) is 15.6. The van der Waals surface area contributed by atoms with Crippen molar-refractivity contribution in [3.05, 3.63) is 29.8 Å². The number of hydrogen-bond donors (Lipinski definition) is 1. The Morgan fingerprint density at radius 3 is 2.48 bits per heavy atom. The van der Waals surface area contributed by atoms with Crippen molar-refractivity contribution in [2.45, 2.75) is 45.4 Å². The van der Waals surface area contributed by atoms with Gasteiger partial charge in [-0.1, -0.05) is 38.3 Å². The van der Waals surface area contributed by atoms with Gasteiger partial charge in [-0.25, -0.2) is 8.42 Å². The number of anilines is 1. The first-order chi connectivity index (χ1) is 10.0. The van der Waals surface area contributed by atoms with Crippen molar-refractivity contribution in [2.24, 2.45) is 4.99 Å². The van der Waals surface area contributed by atoms with E-state index in [4.69, 9.17) is 0 Å². The fourth-order valence-electron chi connectivity index (χ4n) is 2.00. The molecule has 0 aliphatic rings. The molecule has 1 rings (SSSR count). The lowest BCUT2D eigenvalue weighted by Crippen LogP contribution is -2.09. The van der Waals surface area contributed by atoms with Crippen LogP contribution in [0.4, 0.5) is 5.69 Å². The Balaban J connectivity index is 2.25. The Labute approximate surface area is 128 Å². The smallest absolute Gasteiger partial charge is 0.229 e. The van der Waals surface area contributed by atoms with E-state index in [1.807, 2.05) is 18.3 Å². The van der Waals surface area contributed by atoms with Gasteiger partial charge in [-0.05, 0) is 43.2 Å². The number of aryl methyl sites for hydroxylation is 1. The van der Waals surface area contributed by atoms with Crippen molar-refractivity contribution in [3.8, 4) is 0 Å². The van der Waals surface area contributed by atoms with Gasteiger partial charge in [0, 0.05) is 12.2 Å². The van der Waals surface area contributed by atoms with Crippen LogP contribution in [0.25, 0.3) is 0 Å². The van der Waals surface area contributed by atoms with Gasteiger partial charge in [-0.3, -0.25) is 9.71 Å². The number of benzene rings is 1. The van der Waals surface area contributed by atoms with Crippen LogP contribution < -0.4 is 4.72 Å². The predicted octanol–water partition coefficient (Wildman–Crippen LogP) is 3.64. The number of aliphatic imine (C=N–C) groups is 1. The minimum atomic E-state index is -3.20. The van der Waals surface area contributed by atoms with E-state index in [0.29, 0.717) is 5.69 Å². The van der Waals surface area contributed by atoms with Crippen LogP contribution in [0.2, 0.25) is 0 Å². The number of rotatable bonds is 10. The van der Waals surface area contributed by atoms with Crippen LogP contribution >= 0.6 is 0 Å². The minimum Gasteiger partial charge on any atom is -0.298 e. The summed E-state index contributed by atoms with van der Waals surface area (Å²) in [4.78, 5) is 4.41. The van der Waals surface area contributed by atoms with Gasteiger partial charge in [0.05, 0.1) is 6.26 Å². The molecule has 0 unspecified atom stereocenters. The maximum Gasteiger partial charge on any atom is 0.229 e. The van der Waals surface area contributed by atoms with Crippen LogP contribution in [-0.4, -0.2) is 27.4 Å². The molecule has 0 bridgehead atoms. The van der Waals surface area contributed by atoms with E-state index in [-0.39, 0.29) is 0 Å². The van der Waals surface area contributed by atoms with Gasteiger partial charge in [0.15, 0.2) is 0 Å². The summed E-state index contributed by atoms with van der Waals surface area (Å²) in [7, 11) is -3.20. The summed E-state index contributed by atoms with van der Waals surface area (Å²) in [6, 6.07) is 7.47. The molecule has 0 aromatic heterocycles. The molecule has 5 heteroatoms. The SMILES string of the molecule is CCCCCCN=CCCc1ccc(NS(C)(=O)=O)cc1. The summed E-state index contributed by atoms with van der Waals surface area (Å²) >= 11 is 0. The van der Waals surface area contributed by atoms with Crippen molar-refractivity contribution in [3.63, 3.8) is 0 Å². The molecule has 21 heavy (non-hydrogen) atoms. The first-order valence-corrected chi connectivity index (χ1v) is 9.45. The minimum absolute atomic E-state index is 0.603. The van der Waals surface area contributed by atoms with E-state index in [9.17, 15) is 8.42 Å². The summed E-state index contributed by atoms with van der Waals surface area (Å²) in [5, 5.41) is 0. The Kier molecular flexibility index (Phi) is 8.05. The molecule has 118 valence electrons. The fourth-order valence-corrected chi connectivity index (χ4v) is 2.56. The zero-order valence-corrected chi connectivity index (χ0v) is 13.8. The number of unbranched alkanes of at least 4 members (excludes halogenated alkanes) is 3.